The second-order valence-corrected chi connectivity index (χ2v) is 5.66. The summed E-state index contributed by atoms with van der Waals surface area (Å²) in [7, 11) is 0. The van der Waals surface area contributed by atoms with Crippen LogP contribution in [0, 0.1) is 13.8 Å². The standard InChI is InChI=1S/C15H18ClN3O3/c1-9-7-10(2)18-13(16)12(9)19-14(20)17-8-15(3,21)11-5-4-6-22-11/h4-7,21H,8H2,1-3H3,(H2,17,19,20). The molecule has 0 saturated carbocycles. The number of anilines is 1. The molecule has 0 aliphatic rings. The number of nitrogens with zero attached hydrogens (tertiary/aromatic N) is 1. The number of hydrogen-bond acceptors (Lipinski definition) is 4. The quantitative estimate of drug-likeness (QED) is 0.755. The number of urea groups is 1. The van der Waals surface area contributed by atoms with Gasteiger partial charge in [0.15, 0.2) is 5.15 Å². The third-order valence-electron chi connectivity index (χ3n) is 3.18. The molecule has 22 heavy (non-hydrogen) atoms. The van der Waals surface area contributed by atoms with Crippen LogP contribution < -0.4 is 10.6 Å². The Morgan fingerprint density at radius 1 is 1.50 bits per heavy atom. The lowest BCUT2D eigenvalue weighted by Crippen LogP contribution is -2.40. The number of rotatable bonds is 4. The first-order valence-electron chi connectivity index (χ1n) is 6.74. The Bertz CT molecular complexity index is 646. The van der Waals surface area contributed by atoms with Crippen molar-refractivity contribution in [2.75, 3.05) is 11.9 Å². The fourth-order valence-electron chi connectivity index (χ4n) is 2.02. The molecule has 0 aromatic carbocycles. The van der Waals surface area contributed by atoms with Gasteiger partial charge in [0.1, 0.15) is 11.4 Å². The van der Waals surface area contributed by atoms with Gasteiger partial charge in [-0.2, -0.15) is 0 Å². The molecule has 2 amide bonds. The maximum Gasteiger partial charge on any atom is 0.319 e. The van der Waals surface area contributed by atoms with Gasteiger partial charge in [-0.25, -0.2) is 9.78 Å². The number of aliphatic hydroxyl groups is 1. The van der Waals surface area contributed by atoms with E-state index in [1.165, 1.54) is 6.26 Å². The summed E-state index contributed by atoms with van der Waals surface area (Å²) < 4.78 is 5.15. The van der Waals surface area contributed by atoms with Crippen molar-refractivity contribution in [1.29, 1.82) is 0 Å². The van der Waals surface area contributed by atoms with E-state index in [2.05, 4.69) is 15.6 Å². The van der Waals surface area contributed by atoms with Gasteiger partial charge in [0.25, 0.3) is 0 Å². The third kappa shape index (κ3) is 3.78. The van der Waals surface area contributed by atoms with Crippen LogP contribution in [0.4, 0.5) is 10.5 Å². The van der Waals surface area contributed by atoms with E-state index < -0.39 is 11.6 Å². The fraction of sp³-hybridized carbons (Fsp3) is 0.333. The Labute approximate surface area is 133 Å². The molecule has 1 atom stereocenters. The van der Waals surface area contributed by atoms with E-state index in [1.54, 1.807) is 19.1 Å². The Morgan fingerprint density at radius 2 is 2.23 bits per heavy atom. The van der Waals surface area contributed by atoms with E-state index in [0.29, 0.717) is 11.4 Å². The molecule has 1 unspecified atom stereocenters. The average Bonchev–Trinajstić information content (AvgIpc) is 2.95. The number of pyridine rings is 1. The van der Waals surface area contributed by atoms with E-state index in [9.17, 15) is 9.90 Å². The first-order chi connectivity index (χ1) is 10.3. The molecule has 118 valence electrons. The van der Waals surface area contributed by atoms with Crippen LogP contribution in [0.15, 0.2) is 28.9 Å². The van der Waals surface area contributed by atoms with Gasteiger partial charge >= 0.3 is 6.03 Å². The number of halogens is 1. The van der Waals surface area contributed by atoms with Gasteiger partial charge in [0.2, 0.25) is 0 Å². The van der Waals surface area contributed by atoms with Crippen molar-refractivity contribution in [1.82, 2.24) is 10.3 Å². The highest BCUT2D eigenvalue weighted by Gasteiger charge is 2.27. The van der Waals surface area contributed by atoms with Crippen molar-refractivity contribution in [3.63, 3.8) is 0 Å². The molecule has 2 heterocycles. The Kier molecular flexibility index (Phi) is 4.73. The van der Waals surface area contributed by atoms with Crippen molar-refractivity contribution in [2.45, 2.75) is 26.4 Å². The molecule has 2 aromatic heterocycles. The Morgan fingerprint density at radius 3 is 2.82 bits per heavy atom. The molecule has 2 rings (SSSR count). The topological polar surface area (TPSA) is 87.4 Å². The number of nitrogens with one attached hydrogen (secondary N) is 2. The zero-order valence-corrected chi connectivity index (χ0v) is 13.4. The molecule has 0 aliphatic heterocycles. The monoisotopic (exact) mass is 323 g/mol. The molecule has 0 saturated heterocycles. The Hall–Kier alpha value is -2.05. The smallest absolute Gasteiger partial charge is 0.319 e. The summed E-state index contributed by atoms with van der Waals surface area (Å²) in [6.45, 7) is 5.19. The number of hydrogen-bond donors (Lipinski definition) is 3. The van der Waals surface area contributed by atoms with Crippen molar-refractivity contribution in [3.05, 3.63) is 46.6 Å². The highest BCUT2D eigenvalue weighted by Crippen LogP contribution is 2.24. The van der Waals surface area contributed by atoms with Crippen LogP contribution in [0.3, 0.4) is 0 Å². The largest absolute Gasteiger partial charge is 0.466 e. The van der Waals surface area contributed by atoms with Crippen molar-refractivity contribution < 1.29 is 14.3 Å². The molecule has 0 aliphatic carbocycles. The molecule has 6 nitrogen and oxygen atoms in total. The summed E-state index contributed by atoms with van der Waals surface area (Å²) in [6, 6.07) is 4.65. The third-order valence-corrected chi connectivity index (χ3v) is 3.46. The summed E-state index contributed by atoms with van der Waals surface area (Å²) in [6.07, 6.45) is 1.46. The van der Waals surface area contributed by atoms with E-state index in [0.717, 1.165) is 11.3 Å². The maximum atomic E-state index is 12.0. The average molecular weight is 324 g/mol. The van der Waals surface area contributed by atoms with Gasteiger partial charge in [-0.3, -0.25) is 0 Å². The SMILES string of the molecule is Cc1cc(C)c(NC(=O)NCC(C)(O)c2ccco2)c(Cl)n1. The summed E-state index contributed by atoms with van der Waals surface area (Å²) in [4.78, 5) is 16.1. The molecule has 3 N–H and O–H groups in total. The number of carbonyl (C=O) groups is 1. The van der Waals surface area contributed by atoms with Gasteiger partial charge in [-0.05, 0) is 44.5 Å². The minimum absolute atomic E-state index is 0.0116. The molecule has 0 fully saturated rings. The summed E-state index contributed by atoms with van der Waals surface area (Å²) in [5.74, 6) is 0.374. The van der Waals surface area contributed by atoms with Crippen LogP contribution in [-0.2, 0) is 5.60 Å². The van der Waals surface area contributed by atoms with Gasteiger partial charge in [-0.1, -0.05) is 11.6 Å². The highest BCUT2D eigenvalue weighted by molar-refractivity contribution is 6.32. The minimum atomic E-state index is -1.30. The van der Waals surface area contributed by atoms with E-state index in [4.69, 9.17) is 16.0 Å². The zero-order chi connectivity index (χ0) is 16.3. The van der Waals surface area contributed by atoms with Crippen LogP contribution in [0.25, 0.3) is 0 Å². The first-order valence-corrected chi connectivity index (χ1v) is 7.12. The predicted molar refractivity (Wildman–Crippen MR) is 84.0 cm³/mol. The van der Waals surface area contributed by atoms with Crippen LogP contribution in [0.2, 0.25) is 5.15 Å². The molecular weight excluding hydrogens is 306 g/mol. The molecule has 0 spiro atoms. The number of aryl methyl sites for hydroxylation is 2. The van der Waals surface area contributed by atoms with Gasteiger partial charge in [-0.15, -0.1) is 0 Å². The predicted octanol–water partition coefficient (Wildman–Crippen LogP) is 2.97. The first kappa shape index (κ1) is 16.3. The Balaban J connectivity index is 2.00. The van der Waals surface area contributed by atoms with Gasteiger partial charge in [0, 0.05) is 5.69 Å². The van der Waals surface area contributed by atoms with Gasteiger partial charge < -0.3 is 20.2 Å². The highest BCUT2D eigenvalue weighted by atomic mass is 35.5. The van der Waals surface area contributed by atoms with Crippen molar-refractivity contribution >= 4 is 23.3 Å². The molecule has 7 heteroatoms. The second kappa shape index (κ2) is 6.37. The van der Waals surface area contributed by atoms with E-state index in [-0.39, 0.29) is 11.7 Å². The lowest BCUT2D eigenvalue weighted by molar-refractivity contribution is 0.0372. The van der Waals surface area contributed by atoms with Crippen LogP contribution >= 0.6 is 11.6 Å². The molecule has 2 aromatic rings. The van der Waals surface area contributed by atoms with Crippen molar-refractivity contribution in [2.24, 2.45) is 0 Å². The van der Waals surface area contributed by atoms with E-state index >= 15 is 0 Å². The number of furan rings is 1. The molecule has 0 bridgehead atoms. The number of carbonyl (C=O) groups excluding carboxylic acids is 1. The summed E-state index contributed by atoms with van der Waals surface area (Å²) in [5, 5.41) is 15.7. The van der Waals surface area contributed by atoms with Crippen LogP contribution in [0.5, 0.6) is 0 Å². The van der Waals surface area contributed by atoms with Crippen LogP contribution in [-0.4, -0.2) is 22.7 Å². The fourth-order valence-corrected chi connectivity index (χ4v) is 2.35. The van der Waals surface area contributed by atoms with Gasteiger partial charge in [0.05, 0.1) is 18.5 Å². The molecule has 0 radical (unpaired) electrons. The zero-order valence-electron chi connectivity index (χ0n) is 12.6. The number of aromatic nitrogens is 1. The van der Waals surface area contributed by atoms with Crippen LogP contribution in [0.1, 0.15) is 23.9 Å². The number of amides is 2. The summed E-state index contributed by atoms with van der Waals surface area (Å²) in [5.41, 5.74) is 0.729. The minimum Gasteiger partial charge on any atom is -0.466 e. The van der Waals surface area contributed by atoms with Crippen molar-refractivity contribution in [3.8, 4) is 0 Å². The normalized spacial score (nSPS) is 13.5. The lowest BCUT2D eigenvalue weighted by atomic mass is 10.0. The maximum absolute atomic E-state index is 12.0. The molecular formula is C15H18ClN3O3. The second-order valence-electron chi connectivity index (χ2n) is 5.31. The lowest BCUT2D eigenvalue weighted by Gasteiger charge is -2.21. The summed E-state index contributed by atoms with van der Waals surface area (Å²) >= 11 is 6.03. The van der Waals surface area contributed by atoms with E-state index in [1.807, 2.05) is 19.9 Å².